The van der Waals surface area contributed by atoms with Crippen LogP contribution in [0.4, 0.5) is 0 Å². The van der Waals surface area contributed by atoms with Crippen LogP contribution in [0.25, 0.3) is 0 Å². The Labute approximate surface area is 114 Å². The first-order valence-corrected chi connectivity index (χ1v) is 6.57. The number of hydrogen-bond acceptors (Lipinski definition) is 4. The van der Waals surface area contributed by atoms with Gasteiger partial charge in [0.05, 0.1) is 19.1 Å². The summed E-state index contributed by atoms with van der Waals surface area (Å²) in [6.45, 7) is 4.09. The van der Waals surface area contributed by atoms with Gasteiger partial charge in [-0.2, -0.15) is 5.48 Å². The van der Waals surface area contributed by atoms with Gasteiger partial charge in [-0.1, -0.05) is 30.3 Å². The van der Waals surface area contributed by atoms with E-state index in [9.17, 15) is 4.79 Å². The molecule has 4 heteroatoms. The highest BCUT2D eigenvalue weighted by molar-refractivity contribution is 5.70. The van der Waals surface area contributed by atoms with Gasteiger partial charge >= 0.3 is 5.97 Å². The molecule has 0 unspecified atom stereocenters. The quantitative estimate of drug-likeness (QED) is 0.851. The molecule has 0 aliphatic carbocycles. The summed E-state index contributed by atoms with van der Waals surface area (Å²) in [6.07, 6.45) is 1.18. The van der Waals surface area contributed by atoms with E-state index in [1.807, 2.05) is 32.0 Å². The molecule has 1 heterocycles. The molecule has 1 aliphatic heterocycles. The molecule has 19 heavy (non-hydrogen) atoms. The summed E-state index contributed by atoms with van der Waals surface area (Å²) in [7, 11) is 1.41. The van der Waals surface area contributed by atoms with E-state index in [-0.39, 0.29) is 23.5 Å². The minimum absolute atomic E-state index is 0.0529. The predicted octanol–water partition coefficient (Wildman–Crippen LogP) is 2.41. The third-order valence-electron chi connectivity index (χ3n) is 3.53. The van der Waals surface area contributed by atoms with Crippen molar-refractivity contribution in [3.8, 4) is 0 Å². The number of carbonyl (C=O) groups is 1. The van der Waals surface area contributed by atoms with Gasteiger partial charge in [0.15, 0.2) is 0 Å². The van der Waals surface area contributed by atoms with E-state index in [1.165, 1.54) is 12.7 Å². The first kappa shape index (κ1) is 14.0. The highest BCUT2D eigenvalue weighted by Crippen LogP contribution is 2.35. The number of rotatable bonds is 3. The molecule has 0 saturated carbocycles. The molecule has 0 spiro atoms. The number of hydroxylamine groups is 1. The molecular formula is C15H21NO3. The second-order valence-corrected chi connectivity index (χ2v) is 5.59. The van der Waals surface area contributed by atoms with Crippen LogP contribution in [-0.4, -0.2) is 24.7 Å². The van der Waals surface area contributed by atoms with Crippen molar-refractivity contribution in [3.63, 3.8) is 0 Å². The molecule has 1 aliphatic rings. The Morgan fingerprint density at radius 1 is 1.42 bits per heavy atom. The molecule has 2 atom stereocenters. The maximum absolute atomic E-state index is 11.5. The van der Waals surface area contributed by atoms with Crippen molar-refractivity contribution < 1.29 is 14.4 Å². The van der Waals surface area contributed by atoms with Crippen LogP contribution in [0.15, 0.2) is 30.3 Å². The zero-order chi connectivity index (χ0) is 13.9. The third kappa shape index (κ3) is 3.55. The molecule has 0 amide bonds. The van der Waals surface area contributed by atoms with Crippen LogP contribution < -0.4 is 5.48 Å². The average molecular weight is 263 g/mol. The summed E-state index contributed by atoms with van der Waals surface area (Å²) in [5.41, 5.74) is 4.00. The Balaban J connectivity index is 2.19. The van der Waals surface area contributed by atoms with Crippen LogP contribution in [0.3, 0.4) is 0 Å². The van der Waals surface area contributed by atoms with Gasteiger partial charge in [0.25, 0.3) is 0 Å². The van der Waals surface area contributed by atoms with Crippen molar-refractivity contribution in [1.29, 1.82) is 0 Å². The van der Waals surface area contributed by atoms with Crippen LogP contribution in [0.2, 0.25) is 0 Å². The molecule has 1 fully saturated rings. The van der Waals surface area contributed by atoms with Crippen LogP contribution in [0.1, 0.15) is 38.2 Å². The van der Waals surface area contributed by atoms with Crippen molar-refractivity contribution in [3.05, 3.63) is 35.9 Å². The van der Waals surface area contributed by atoms with Crippen molar-refractivity contribution in [1.82, 2.24) is 5.48 Å². The lowest BCUT2D eigenvalue weighted by molar-refractivity contribution is -0.157. The van der Waals surface area contributed by atoms with Crippen LogP contribution in [0.5, 0.6) is 0 Å². The number of hydrogen-bond donors (Lipinski definition) is 1. The van der Waals surface area contributed by atoms with Gasteiger partial charge in [0.1, 0.15) is 0 Å². The predicted molar refractivity (Wildman–Crippen MR) is 72.5 cm³/mol. The average Bonchev–Trinajstić information content (AvgIpc) is 2.41. The largest absolute Gasteiger partial charge is 0.469 e. The van der Waals surface area contributed by atoms with E-state index in [4.69, 9.17) is 9.57 Å². The molecule has 1 aromatic carbocycles. The molecule has 0 bridgehead atoms. The summed E-state index contributed by atoms with van der Waals surface area (Å²) in [6, 6.07) is 10.2. The number of methoxy groups -OCH3 is 1. The Morgan fingerprint density at radius 3 is 2.74 bits per heavy atom. The fraction of sp³-hybridized carbons (Fsp3) is 0.533. The van der Waals surface area contributed by atoms with Gasteiger partial charge in [-0.15, -0.1) is 0 Å². The van der Waals surface area contributed by atoms with Crippen LogP contribution in [-0.2, 0) is 14.4 Å². The highest BCUT2D eigenvalue weighted by Gasteiger charge is 2.37. The van der Waals surface area contributed by atoms with Crippen LogP contribution >= 0.6 is 0 Å². The SMILES string of the molecule is COC(=O)C[C@@H]1NOC(C)(C)C[C@H]1c1ccccc1. The van der Waals surface area contributed by atoms with E-state index in [2.05, 4.69) is 17.6 Å². The third-order valence-corrected chi connectivity index (χ3v) is 3.53. The zero-order valence-electron chi connectivity index (χ0n) is 11.7. The number of ether oxygens (including phenoxy) is 1. The normalized spacial score (nSPS) is 25.8. The van der Waals surface area contributed by atoms with E-state index in [0.29, 0.717) is 6.42 Å². The fourth-order valence-corrected chi connectivity index (χ4v) is 2.53. The lowest BCUT2D eigenvalue weighted by Crippen LogP contribution is -2.50. The fourth-order valence-electron chi connectivity index (χ4n) is 2.53. The Bertz CT molecular complexity index is 430. The van der Waals surface area contributed by atoms with E-state index >= 15 is 0 Å². The number of carbonyl (C=O) groups excluding carboxylic acids is 1. The number of nitrogens with one attached hydrogen (secondary N) is 1. The molecule has 1 saturated heterocycles. The molecule has 4 nitrogen and oxygen atoms in total. The van der Waals surface area contributed by atoms with E-state index in [0.717, 1.165) is 6.42 Å². The number of esters is 1. The molecule has 104 valence electrons. The maximum Gasteiger partial charge on any atom is 0.307 e. The van der Waals surface area contributed by atoms with Gasteiger partial charge in [0.2, 0.25) is 0 Å². The Morgan fingerprint density at radius 2 is 2.11 bits per heavy atom. The smallest absolute Gasteiger partial charge is 0.307 e. The van der Waals surface area contributed by atoms with Crippen molar-refractivity contribution >= 4 is 5.97 Å². The molecule has 0 aromatic heterocycles. The van der Waals surface area contributed by atoms with Gasteiger partial charge in [-0.05, 0) is 25.8 Å². The topological polar surface area (TPSA) is 47.6 Å². The standard InChI is InChI=1S/C15H21NO3/c1-15(2)10-12(11-7-5-4-6-8-11)13(16-19-15)9-14(17)18-3/h4-8,12-13,16H,9-10H2,1-3H3/t12-,13-/m0/s1. The minimum atomic E-state index is -0.243. The second kappa shape index (κ2) is 5.72. The lowest BCUT2D eigenvalue weighted by Gasteiger charge is -2.41. The lowest BCUT2D eigenvalue weighted by atomic mass is 9.80. The van der Waals surface area contributed by atoms with E-state index in [1.54, 1.807) is 0 Å². The van der Waals surface area contributed by atoms with Gasteiger partial charge in [-0.3, -0.25) is 9.63 Å². The van der Waals surface area contributed by atoms with Gasteiger partial charge in [0, 0.05) is 12.0 Å². The zero-order valence-corrected chi connectivity index (χ0v) is 11.7. The number of benzene rings is 1. The molecule has 2 rings (SSSR count). The van der Waals surface area contributed by atoms with Crippen LogP contribution in [0, 0.1) is 0 Å². The Hall–Kier alpha value is -1.39. The first-order valence-electron chi connectivity index (χ1n) is 6.57. The maximum atomic E-state index is 11.5. The van der Waals surface area contributed by atoms with Gasteiger partial charge in [-0.25, -0.2) is 0 Å². The summed E-state index contributed by atoms with van der Waals surface area (Å²) in [5.74, 6) is 0.0192. The molecule has 1 N–H and O–H groups in total. The summed E-state index contributed by atoms with van der Waals surface area (Å²) < 4.78 is 4.75. The second-order valence-electron chi connectivity index (χ2n) is 5.59. The molecule has 0 radical (unpaired) electrons. The van der Waals surface area contributed by atoms with Crippen molar-refractivity contribution in [2.75, 3.05) is 7.11 Å². The summed E-state index contributed by atoms with van der Waals surface area (Å²) >= 11 is 0. The van der Waals surface area contributed by atoms with Crippen molar-refractivity contribution in [2.45, 2.75) is 44.2 Å². The van der Waals surface area contributed by atoms with Gasteiger partial charge < -0.3 is 4.74 Å². The highest BCUT2D eigenvalue weighted by atomic mass is 16.7. The Kier molecular flexibility index (Phi) is 4.22. The monoisotopic (exact) mass is 263 g/mol. The molecule has 1 aromatic rings. The van der Waals surface area contributed by atoms with Crippen molar-refractivity contribution in [2.24, 2.45) is 0 Å². The van der Waals surface area contributed by atoms with E-state index < -0.39 is 0 Å². The summed E-state index contributed by atoms with van der Waals surface area (Å²) in [5, 5.41) is 0. The molecular weight excluding hydrogens is 242 g/mol. The first-order chi connectivity index (χ1) is 9.02. The minimum Gasteiger partial charge on any atom is -0.469 e. The summed E-state index contributed by atoms with van der Waals surface area (Å²) in [4.78, 5) is 17.1.